The quantitative estimate of drug-likeness (QED) is 0.637. The number of fused-ring (bicyclic) bond motifs is 2. The van der Waals surface area contributed by atoms with Crippen molar-refractivity contribution in [1.29, 1.82) is 0 Å². The van der Waals surface area contributed by atoms with Crippen LogP contribution in [0.1, 0.15) is 40.0 Å². The first-order chi connectivity index (χ1) is 5.52. The summed E-state index contributed by atoms with van der Waals surface area (Å²) < 4.78 is 0. The van der Waals surface area contributed by atoms with Gasteiger partial charge in [0.2, 0.25) is 0 Å². The zero-order chi connectivity index (χ0) is 8.98. The van der Waals surface area contributed by atoms with Crippen LogP contribution in [0, 0.1) is 22.7 Å². The van der Waals surface area contributed by atoms with E-state index in [-0.39, 0.29) is 0 Å². The summed E-state index contributed by atoms with van der Waals surface area (Å²) in [6.45, 7) is 7.55. The summed E-state index contributed by atoms with van der Waals surface area (Å²) >= 11 is 0. The Hall–Kier alpha value is -0.0400. The van der Waals surface area contributed by atoms with E-state index in [1.165, 1.54) is 19.3 Å². The number of hydrogen-bond donors (Lipinski definition) is 1. The molecule has 0 aromatic carbocycles. The summed E-state index contributed by atoms with van der Waals surface area (Å²) in [4.78, 5) is 0. The largest absolute Gasteiger partial charge is 0.396 e. The number of aliphatic hydroxyl groups is 1. The van der Waals surface area contributed by atoms with E-state index in [0.717, 1.165) is 5.92 Å². The van der Waals surface area contributed by atoms with Gasteiger partial charge in [-0.3, -0.25) is 0 Å². The van der Waals surface area contributed by atoms with Gasteiger partial charge in [-0.1, -0.05) is 20.8 Å². The minimum absolute atomic E-state index is 0.399. The predicted molar refractivity (Wildman–Crippen MR) is 49.8 cm³/mol. The molecule has 3 atom stereocenters. The number of rotatable bonds is 1. The molecule has 12 heavy (non-hydrogen) atoms. The van der Waals surface area contributed by atoms with Gasteiger partial charge in [-0.2, -0.15) is 0 Å². The second-order valence-corrected chi connectivity index (χ2v) is 5.49. The van der Waals surface area contributed by atoms with Crippen LogP contribution in [0.2, 0.25) is 0 Å². The van der Waals surface area contributed by atoms with Crippen molar-refractivity contribution in [3.63, 3.8) is 0 Å². The summed E-state index contributed by atoms with van der Waals surface area (Å²) in [6.07, 6.45) is 3.98. The van der Waals surface area contributed by atoms with Gasteiger partial charge >= 0.3 is 0 Å². The SMILES string of the molecule is CC1(C)[C@@H]2CC[C@]1(C)[C@@H](CO)C2. The molecular weight excluding hydrogens is 148 g/mol. The van der Waals surface area contributed by atoms with Gasteiger partial charge in [0.15, 0.2) is 0 Å². The van der Waals surface area contributed by atoms with Crippen molar-refractivity contribution < 1.29 is 5.11 Å². The summed E-state index contributed by atoms with van der Waals surface area (Å²) in [7, 11) is 0. The third-order valence-corrected chi connectivity index (χ3v) is 5.20. The first-order valence-electron chi connectivity index (χ1n) is 5.13. The van der Waals surface area contributed by atoms with Crippen LogP contribution in [0.3, 0.4) is 0 Å². The fraction of sp³-hybridized carbons (Fsp3) is 1.00. The fourth-order valence-electron chi connectivity index (χ4n) is 3.65. The molecule has 0 amide bonds. The van der Waals surface area contributed by atoms with E-state index < -0.39 is 0 Å². The molecule has 0 aromatic rings. The van der Waals surface area contributed by atoms with Crippen molar-refractivity contribution in [2.24, 2.45) is 22.7 Å². The molecule has 2 rings (SSSR count). The van der Waals surface area contributed by atoms with Gasteiger partial charge in [0.25, 0.3) is 0 Å². The van der Waals surface area contributed by atoms with Gasteiger partial charge in [-0.25, -0.2) is 0 Å². The normalized spacial score (nSPS) is 50.0. The Morgan fingerprint density at radius 2 is 2.00 bits per heavy atom. The molecule has 1 heteroatoms. The smallest absolute Gasteiger partial charge is 0.0464 e. The van der Waals surface area contributed by atoms with Gasteiger partial charge in [0.05, 0.1) is 0 Å². The summed E-state index contributed by atoms with van der Waals surface area (Å²) in [5, 5.41) is 9.29. The molecule has 2 fully saturated rings. The summed E-state index contributed by atoms with van der Waals surface area (Å²) in [5.74, 6) is 1.45. The maximum Gasteiger partial charge on any atom is 0.0464 e. The maximum atomic E-state index is 9.29. The van der Waals surface area contributed by atoms with E-state index in [0.29, 0.717) is 23.4 Å². The highest BCUT2D eigenvalue weighted by molar-refractivity contribution is 5.09. The first kappa shape index (κ1) is 8.55. The van der Waals surface area contributed by atoms with Crippen LogP contribution in [0.25, 0.3) is 0 Å². The van der Waals surface area contributed by atoms with Gasteiger partial charge in [-0.15, -0.1) is 0 Å². The second-order valence-electron chi connectivity index (χ2n) is 5.49. The van der Waals surface area contributed by atoms with Crippen molar-refractivity contribution in [2.45, 2.75) is 40.0 Å². The average Bonchev–Trinajstić information content (AvgIpc) is 2.34. The predicted octanol–water partition coefficient (Wildman–Crippen LogP) is 2.44. The fourth-order valence-corrected chi connectivity index (χ4v) is 3.65. The minimum Gasteiger partial charge on any atom is -0.396 e. The lowest BCUT2D eigenvalue weighted by Gasteiger charge is -2.38. The summed E-state index contributed by atoms with van der Waals surface area (Å²) in [6, 6.07) is 0. The van der Waals surface area contributed by atoms with E-state index in [1.807, 2.05) is 0 Å². The Labute approximate surface area is 75.2 Å². The van der Waals surface area contributed by atoms with E-state index >= 15 is 0 Å². The Bertz CT molecular complexity index is 197. The molecule has 70 valence electrons. The Morgan fingerprint density at radius 1 is 1.33 bits per heavy atom. The Kier molecular flexibility index (Phi) is 1.61. The molecular formula is C11H20O. The molecule has 0 aliphatic heterocycles. The highest BCUT2D eigenvalue weighted by Crippen LogP contribution is 2.67. The van der Waals surface area contributed by atoms with E-state index in [4.69, 9.17) is 0 Å². The van der Waals surface area contributed by atoms with Crippen LogP contribution < -0.4 is 0 Å². The summed E-state index contributed by atoms with van der Waals surface area (Å²) in [5.41, 5.74) is 0.896. The molecule has 0 heterocycles. The van der Waals surface area contributed by atoms with Crippen LogP contribution >= 0.6 is 0 Å². The van der Waals surface area contributed by atoms with Gasteiger partial charge < -0.3 is 5.11 Å². The first-order valence-corrected chi connectivity index (χ1v) is 5.13. The van der Waals surface area contributed by atoms with Crippen LogP contribution in [0.4, 0.5) is 0 Å². The van der Waals surface area contributed by atoms with Gasteiger partial charge in [0, 0.05) is 6.61 Å². The van der Waals surface area contributed by atoms with Crippen LogP contribution in [-0.2, 0) is 0 Å². The van der Waals surface area contributed by atoms with Gasteiger partial charge in [-0.05, 0) is 41.9 Å². The molecule has 1 N–H and O–H groups in total. The molecule has 0 spiro atoms. The molecule has 0 radical (unpaired) electrons. The minimum atomic E-state index is 0.399. The van der Waals surface area contributed by atoms with Crippen molar-refractivity contribution in [2.75, 3.05) is 6.61 Å². The molecule has 0 aromatic heterocycles. The zero-order valence-electron chi connectivity index (χ0n) is 8.43. The number of aliphatic hydroxyl groups excluding tert-OH is 1. The second kappa shape index (κ2) is 2.25. The molecule has 2 aliphatic carbocycles. The van der Waals surface area contributed by atoms with E-state index in [2.05, 4.69) is 20.8 Å². The molecule has 2 bridgehead atoms. The van der Waals surface area contributed by atoms with Crippen molar-refractivity contribution in [3.05, 3.63) is 0 Å². The van der Waals surface area contributed by atoms with Crippen LogP contribution in [0.15, 0.2) is 0 Å². The van der Waals surface area contributed by atoms with Crippen molar-refractivity contribution in [3.8, 4) is 0 Å². The van der Waals surface area contributed by atoms with Crippen LogP contribution in [-0.4, -0.2) is 11.7 Å². The lowest BCUT2D eigenvalue weighted by Crippen LogP contribution is -2.33. The third-order valence-electron chi connectivity index (χ3n) is 5.20. The van der Waals surface area contributed by atoms with Crippen molar-refractivity contribution >= 4 is 0 Å². The van der Waals surface area contributed by atoms with Crippen molar-refractivity contribution in [1.82, 2.24) is 0 Å². The molecule has 0 unspecified atom stereocenters. The lowest BCUT2D eigenvalue weighted by molar-refractivity contribution is 0.0625. The highest BCUT2D eigenvalue weighted by atomic mass is 16.3. The zero-order valence-corrected chi connectivity index (χ0v) is 8.43. The monoisotopic (exact) mass is 168 g/mol. The lowest BCUT2D eigenvalue weighted by atomic mass is 9.67. The topological polar surface area (TPSA) is 20.2 Å². The number of hydrogen-bond acceptors (Lipinski definition) is 1. The average molecular weight is 168 g/mol. The molecule has 0 saturated heterocycles. The molecule has 2 saturated carbocycles. The van der Waals surface area contributed by atoms with E-state index in [9.17, 15) is 5.11 Å². The molecule has 2 aliphatic rings. The highest BCUT2D eigenvalue weighted by Gasteiger charge is 2.60. The molecule has 1 nitrogen and oxygen atoms in total. The standard InChI is InChI=1S/C11H20O/c1-10(2)8-4-5-11(10,3)9(6-8)7-12/h8-9,12H,4-7H2,1-3H3/t8-,9-,11-/m1/s1. The Morgan fingerprint density at radius 3 is 2.25 bits per heavy atom. The van der Waals surface area contributed by atoms with E-state index in [1.54, 1.807) is 0 Å². The third kappa shape index (κ3) is 0.736. The van der Waals surface area contributed by atoms with Crippen LogP contribution in [0.5, 0.6) is 0 Å². The Balaban J connectivity index is 2.33. The van der Waals surface area contributed by atoms with Gasteiger partial charge in [0.1, 0.15) is 0 Å². The maximum absolute atomic E-state index is 9.29.